The molecule has 1 aromatic carbocycles. The van der Waals surface area contributed by atoms with Crippen molar-refractivity contribution in [1.29, 1.82) is 0 Å². The first-order chi connectivity index (χ1) is 9.60. The van der Waals surface area contributed by atoms with Crippen LogP contribution in [0.4, 0.5) is 0 Å². The van der Waals surface area contributed by atoms with E-state index in [0.717, 1.165) is 25.1 Å². The molecule has 2 N–H and O–H groups in total. The molecule has 21 heavy (non-hydrogen) atoms. The minimum absolute atomic E-state index is 0. The van der Waals surface area contributed by atoms with Crippen molar-refractivity contribution in [2.45, 2.75) is 25.8 Å². The molecule has 118 valence electrons. The number of hydrogen-bond donors (Lipinski definition) is 2. The average Bonchev–Trinajstić information content (AvgIpc) is 2.41. The van der Waals surface area contributed by atoms with Gasteiger partial charge in [0.1, 0.15) is 5.75 Å². The first kappa shape index (κ1) is 18.1. The molecule has 1 aliphatic heterocycles. The van der Waals surface area contributed by atoms with Gasteiger partial charge in [-0.3, -0.25) is 4.79 Å². The molecule has 1 amide bonds. The standard InChI is InChI=1S/C15H21ClN2O2.ClH/c1-10-5-6-17-9-13(10)18-15(19)8-11-7-12(16)3-4-14(11)20-2;/h3-4,7,10,13,17H,5-6,8-9H2,1-2H3,(H,18,19);1H. The molecule has 4 nitrogen and oxygen atoms in total. The molecule has 1 heterocycles. The summed E-state index contributed by atoms with van der Waals surface area (Å²) in [6, 6.07) is 5.52. The highest BCUT2D eigenvalue weighted by atomic mass is 35.5. The number of halogens is 2. The highest BCUT2D eigenvalue weighted by Crippen LogP contribution is 2.23. The zero-order valence-electron chi connectivity index (χ0n) is 12.3. The maximum atomic E-state index is 12.2. The van der Waals surface area contributed by atoms with Crippen molar-refractivity contribution >= 4 is 29.9 Å². The van der Waals surface area contributed by atoms with Gasteiger partial charge in [-0.1, -0.05) is 18.5 Å². The number of ether oxygens (including phenoxy) is 1. The van der Waals surface area contributed by atoms with Gasteiger partial charge in [0, 0.05) is 23.2 Å². The fourth-order valence-electron chi connectivity index (χ4n) is 2.50. The maximum absolute atomic E-state index is 12.2. The van der Waals surface area contributed by atoms with Crippen molar-refractivity contribution in [2.24, 2.45) is 5.92 Å². The van der Waals surface area contributed by atoms with Crippen molar-refractivity contribution in [3.05, 3.63) is 28.8 Å². The van der Waals surface area contributed by atoms with Crippen molar-refractivity contribution in [3.63, 3.8) is 0 Å². The SMILES string of the molecule is COc1ccc(Cl)cc1CC(=O)NC1CNCCC1C.Cl. The van der Waals surface area contributed by atoms with Crippen LogP contribution in [-0.2, 0) is 11.2 Å². The van der Waals surface area contributed by atoms with Gasteiger partial charge < -0.3 is 15.4 Å². The molecule has 2 unspecified atom stereocenters. The highest BCUT2D eigenvalue weighted by Gasteiger charge is 2.22. The van der Waals surface area contributed by atoms with Crippen LogP contribution in [-0.4, -0.2) is 32.1 Å². The normalized spacial score (nSPS) is 21.3. The fraction of sp³-hybridized carbons (Fsp3) is 0.533. The largest absolute Gasteiger partial charge is 0.496 e. The molecule has 1 aliphatic rings. The zero-order valence-corrected chi connectivity index (χ0v) is 13.9. The predicted octanol–water partition coefficient (Wildman–Crippen LogP) is 2.43. The van der Waals surface area contributed by atoms with E-state index in [0.29, 0.717) is 16.7 Å². The Balaban J connectivity index is 0.00000220. The Bertz CT molecular complexity index is 483. The minimum atomic E-state index is 0. The van der Waals surface area contributed by atoms with Crippen LogP contribution in [0, 0.1) is 5.92 Å². The molecule has 0 saturated carbocycles. The molecule has 0 bridgehead atoms. The smallest absolute Gasteiger partial charge is 0.224 e. The summed E-state index contributed by atoms with van der Waals surface area (Å²) in [7, 11) is 1.60. The van der Waals surface area contributed by atoms with E-state index in [2.05, 4.69) is 17.6 Å². The number of carbonyl (C=O) groups is 1. The third-order valence-corrected chi connectivity index (χ3v) is 4.00. The lowest BCUT2D eigenvalue weighted by Gasteiger charge is -2.30. The van der Waals surface area contributed by atoms with Crippen molar-refractivity contribution < 1.29 is 9.53 Å². The summed E-state index contributed by atoms with van der Waals surface area (Å²) in [4.78, 5) is 12.2. The third-order valence-electron chi connectivity index (χ3n) is 3.77. The van der Waals surface area contributed by atoms with Gasteiger partial charge in [0.15, 0.2) is 0 Å². The van der Waals surface area contributed by atoms with Gasteiger partial charge in [-0.25, -0.2) is 0 Å². The average molecular weight is 333 g/mol. The topological polar surface area (TPSA) is 50.4 Å². The zero-order chi connectivity index (χ0) is 14.5. The number of piperidine rings is 1. The fourth-order valence-corrected chi connectivity index (χ4v) is 2.69. The number of carbonyl (C=O) groups excluding carboxylic acids is 1. The lowest BCUT2D eigenvalue weighted by atomic mass is 9.94. The molecule has 2 atom stereocenters. The Morgan fingerprint density at radius 2 is 2.29 bits per heavy atom. The summed E-state index contributed by atoms with van der Waals surface area (Å²) < 4.78 is 5.26. The molecular formula is C15H22Cl2N2O2. The Kier molecular flexibility index (Phi) is 7.29. The quantitative estimate of drug-likeness (QED) is 0.890. The van der Waals surface area contributed by atoms with Crippen LogP contribution in [0.15, 0.2) is 18.2 Å². The number of nitrogens with one attached hydrogen (secondary N) is 2. The Morgan fingerprint density at radius 3 is 2.95 bits per heavy atom. The maximum Gasteiger partial charge on any atom is 0.224 e. The lowest BCUT2D eigenvalue weighted by molar-refractivity contribution is -0.121. The van der Waals surface area contributed by atoms with Gasteiger partial charge in [0.25, 0.3) is 0 Å². The summed E-state index contributed by atoms with van der Waals surface area (Å²) in [6.45, 7) is 4.03. The first-order valence-electron chi connectivity index (χ1n) is 6.92. The molecule has 0 aromatic heterocycles. The van der Waals surface area contributed by atoms with E-state index in [1.165, 1.54) is 0 Å². The summed E-state index contributed by atoms with van der Waals surface area (Å²) in [5.41, 5.74) is 0.814. The second-order valence-electron chi connectivity index (χ2n) is 5.28. The van der Waals surface area contributed by atoms with Crippen LogP contribution in [0.25, 0.3) is 0 Å². The van der Waals surface area contributed by atoms with Crippen LogP contribution < -0.4 is 15.4 Å². The van der Waals surface area contributed by atoms with E-state index in [1.54, 1.807) is 25.3 Å². The molecule has 1 saturated heterocycles. The van der Waals surface area contributed by atoms with Crippen LogP contribution in [0.2, 0.25) is 5.02 Å². The van der Waals surface area contributed by atoms with Crippen LogP contribution >= 0.6 is 24.0 Å². The Labute approximate surface area is 137 Å². The van der Waals surface area contributed by atoms with E-state index < -0.39 is 0 Å². The van der Waals surface area contributed by atoms with Crippen molar-refractivity contribution in [1.82, 2.24) is 10.6 Å². The van der Waals surface area contributed by atoms with Crippen molar-refractivity contribution in [3.8, 4) is 5.75 Å². The Hall–Kier alpha value is -0.970. The molecule has 1 fully saturated rings. The molecule has 1 aromatic rings. The second kappa shape index (κ2) is 8.47. The van der Waals surface area contributed by atoms with E-state index >= 15 is 0 Å². The Morgan fingerprint density at radius 1 is 1.52 bits per heavy atom. The molecule has 2 rings (SSSR count). The van der Waals surface area contributed by atoms with Crippen LogP contribution in [0.1, 0.15) is 18.9 Å². The molecule has 0 aliphatic carbocycles. The predicted molar refractivity (Wildman–Crippen MR) is 87.5 cm³/mol. The van der Waals surface area contributed by atoms with Gasteiger partial charge in [0.2, 0.25) is 5.91 Å². The monoisotopic (exact) mass is 332 g/mol. The highest BCUT2D eigenvalue weighted by molar-refractivity contribution is 6.30. The summed E-state index contributed by atoms with van der Waals surface area (Å²) in [5, 5.41) is 7.01. The molecule has 0 radical (unpaired) electrons. The summed E-state index contributed by atoms with van der Waals surface area (Å²) in [6.07, 6.45) is 1.37. The number of benzene rings is 1. The van der Waals surface area contributed by atoms with Gasteiger partial charge in [-0.2, -0.15) is 0 Å². The molecular weight excluding hydrogens is 311 g/mol. The van der Waals surface area contributed by atoms with E-state index in [-0.39, 0.29) is 30.8 Å². The number of methoxy groups -OCH3 is 1. The summed E-state index contributed by atoms with van der Waals surface area (Å²) in [5.74, 6) is 1.20. The van der Waals surface area contributed by atoms with Crippen LogP contribution in [0.3, 0.4) is 0 Å². The van der Waals surface area contributed by atoms with Crippen LogP contribution in [0.5, 0.6) is 5.75 Å². The lowest BCUT2D eigenvalue weighted by Crippen LogP contribution is -2.50. The van der Waals surface area contributed by atoms with Gasteiger partial charge >= 0.3 is 0 Å². The number of amides is 1. The molecule has 0 spiro atoms. The summed E-state index contributed by atoms with van der Waals surface area (Å²) >= 11 is 5.98. The van der Waals surface area contributed by atoms with E-state index in [9.17, 15) is 4.79 Å². The third kappa shape index (κ3) is 5.06. The van der Waals surface area contributed by atoms with E-state index in [4.69, 9.17) is 16.3 Å². The second-order valence-corrected chi connectivity index (χ2v) is 5.71. The molecule has 6 heteroatoms. The van der Waals surface area contributed by atoms with Gasteiger partial charge in [-0.15, -0.1) is 12.4 Å². The minimum Gasteiger partial charge on any atom is -0.496 e. The van der Waals surface area contributed by atoms with Gasteiger partial charge in [0.05, 0.1) is 13.5 Å². The van der Waals surface area contributed by atoms with Gasteiger partial charge in [-0.05, 0) is 37.1 Å². The number of hydrogen-bond acceptors (Lipinski definition) is 3. The number of rotatable bonds is 4. The van der Waals surface area contributed by atoms with Crippen molar-refractivity contribution in [2.75, 3.05) is 20.2 Å². The van der Waals surface area contributed by atoms with E-state index in [1.807, 2.05) is 0 Å². The first-order valence-corrected chi connectivity index (χ1v) is 7.30.